The lowest BCUT2D eigenvalue weighted by Gasteiger charge is -2.11. The minimum absolute atomic E-state index is 0.189. The number of hydrogen-bond donors (Lipinski definition) is 3. The second-order valence-electron chi connectivity index (χ2n) is 8.07. The van der Waals surface area contributed by atoms with Gasteiger partial charge >= 0.3 is 0 Å². The third-order valence-corrected chi connectivity index (χ3v) is 6.40. The van der Waals surface area contributed by atoms with Crippen molar-refractivity contribution in [2.24, 2.45) is 5.73 Å². The normalized spacial score (nSPS) is 12.5. The van der Waals surface area contributed by atoms with Gasteiger partial charge in [-0.3, -0.25) is 9.89 Å². The maximum absolute atomic E-state index is 11.5. The summed E-state index contributed by atoms with van der Waals surface area (Å²) in [6.45, 7) is 6.28. The Morgan fingerprint density at radius 2 is 2.06 bits per heavy atom. The molecule has 9 heteroatoms. The fraction of sp³-hybridized carbons (Fsp3) is 0.192. The fourth-order valence-electron chi connectivity index (χ4n) is 3.46. The lowest BCUT2D eigenvalue weighted by atomic mass is 9.96. The number of carbonyl (C=O) groups excluding carboxylic acids is 1. The summed E-state index contributed by atoms with van der Waals surface area (Å²) >= 11 is 7.73. The van der Waals surface area contributed by atoms with E-state index in [9.17, 15) is 4.79 Å². The number of thiophene rings is 1. The first-order valence-corrected chi connectivity index (χ1v) is 12.2. The van der Waals surface area contributed by atoms with E-state index in [4.69, 9.17) is 17.3 Å². The van der Waals surface area contributed by atoms with Gasteiger partial charge in [0.25, 0.3) is 0 Å². The van der Waals surface area contributed by atoms with E-state index in [1.807, 2.05) is 24.3 Å². The molecule has 0 bridgehead atoms. The van der Waals surface area contributed by atoms with Gasteiger partial charge in [-0.15, -0.1) is 11.3 Å². The van der Waals surface area contributed by atoms with Crippen molar-refractivity contribution >= 4 is 40.0 Å². The van der Waals surface area contributed by atoms with Crippen LogP contribution in [0.1, 0.15) is 29.3 Å². The number of nitrogens with two attached hydrogens (primary N) is 1. The Kier molecular flexibility index (Phi) is 9.19. The van der Waals surface area contributed by atoms with Gasteiger partial charge in [0.05, 0.1) is 4.88 Å². The van der Waals surface area contributed by atoms with E-state index in [-0.39, 0.29) is 5.91 Å². The second-order valence-corrected chi connectivity index (χ2v) is 9.56. The first kappa shape index (κ1) is 26.2. The van der Waals surface area contributed by atoms with Gasteiger partial charge in [-0.05, 0) is 73.8 Å². The van der Waals surface area contributed by atoms with Crippen molar-refractivity contribution in [1.29, 1.82) is 0 Å². The standard InChI is InChI=1S/C26H29ClN6OS/c1-17(31-18(2)34)14-20(11-12-28)24-15-23(25(35-24)26-29-16-30-32-26)22(6-5-13-33(3)4)19-7-9-21(27)10-8-19/h6-12,14-16H,1,5,13,28H2,2-4H3,(H,31,34)(H,29,30,32)/b12-11-,20-14+,22-6+. The SMILES string of the molecule is C=C(/C=C(\C=C/N)c1cc(/C(=C/CCN(C)C)c2ccc(Cl)cc2)c(-c2ncn[nH]2)s1)NC(C)=O. The molecule has 35 heavy (non-hydrogen) atoms. The van der Waals surface area contributed by atoms with Gasteiger partial charge in [0.1, 0.15) is 6.33 Å². The molecule has 0 fully saturated rings. The van der Waals surface area contributed by atoms with Crippen molar-refractivity contribution in [2.75, 3.05) is 20.6 Å². The van der Waals surface area contributed by atoms with Crippen LogP contribution in [-0.4, -0.2) is 46.6 Å². The number of amides is 1. The Bertz CT molecular complexity index is 1250. The zero-order chi connectivity index (χ0) is 25.4. The summed E-state index contributed by atoms with van der Waals surface area (Å²) in [5, 5.41) is 10.4. The molecular formula is C26H29ClN6OS. The van der Waals surface area contributed by atoms with Crippen molar-refractivity contribution in [1.82, 2.24) is 25.4 Å². The monoisotopic (exact) mass is 508 g/mol. The maximum Gasteiger partial charge on any atom is 0.221 e. The van der Waals surface area contributed by atoms with Crippen molar-refractivity contribution in [3.8, 4) is 10.7 Å². The van der Waals surface area contributed by atoms with Crippen LogP contribution in [0.25, 0.3) is 21.8 Å². The quantitative estimate of drug-likeness (QED) is 0.332. The first-order valence-electron chi connectivity index (χ1n) is 11.0. The molecule has 3 rings (SSSR count). The molecule has 0 unspecified atom stereocenters. The highest BCUT2D eigenvalue weighted by molar-refractivity contribution is 7.16. The molecule has 0 atom stereocenters. The first-order chi connectivity index (χ1) is 16.8. The number of aromatic amines is 1. The third-order valence-electron chi connectivity index (χ3n) is 4.96. The summed E-state index contributed by atoms with van der Waals surface area (Å²) in [5.74, 6) is 0.478. The molecule has 0 saturated heterocycles. The van der Waals surface area contributed by atoms with Crippen molar-refractivity contribution < 1.29 is 4.79 Å². The minimum atomic E-state index is -0.189. The smallest absolute Gasteiger partial charge is 0.221 e. The number of aromatic nitrogens is 3. The van der Waals surface area contributed by atoms with Crippen LogP contribution in [0.2, 0.25) is 5.02 Å². The molecular weight excluding hydrogens is 480 g/mol. The molecule has 0 aliphatic rings. The van der Waals surface area contributed by atoms with E-state index >= 15 is 0 Å². The highest BCUT2D eigenvalue weighted by atomic mass is 35.5. The molecule has 3 aromatic rings. The van der Waals surface area contributed by atoms with Crippen LogP contribution in [0.15, 0.2) is 73.4 Å². The van der Waals surface area contributed by atoms with E-state index in [1.54, 1.807) is 23.5 Å². The number of carbonyl (C=O) groups is 1. The van der Waals surface area contributed by atoms with Crippen LogP contribution < -0.4 is 11.1 Å². The number of nitrogens with one attached hydrogen (secondary N) is 2. The molecule has 1 aromatic carbocycles. The Labute approximate surface area is 214 Å². The molecule has 0 spiro atoms. The molecule has 2 heterocycles. The summed E-state index contributed by atoms with van der Waals surface area (Å²) in [7, 11) is 4.10. The third kappa shape index (κ3) is 7.26. The molecule has 1 amide bonds. The molecule has 2 aromatic heterocycles. The van der Waals surface area contributed by atoms with Gasteiger partial charge in [0.2, 0.25) is 5.91 Å². The number of H-pyrrole nitrogens is 1. The van der Waals surface area contributed by atoms with E-state index < -0.39 is 0 Å². The minimum Gasteiger partial charge on any atom is -0.405 e. The topological polar surface area (TPSA) is 99.9 Å². The average molecular weight is 509 g/mol. The van der Waals surface area contributed by atoms with Gasteiger partial charge in [-0.1, -0.05) is 36.4 Å². The molecule has 4 N–H and O–H groups in total. The van der Waals surface area contributed by atoms with Crippen LogP contribution in [-0.2, 0) is 4.79 Å². The summed E-state index contributed by atoms with van der Waals surface area (Å²) < 4.78 is 0. The molecule has 0 saturated carbocycles. The Balaban J connectivity index is 2.18. The van der Waals surface area contributed by atoms with E-state index in [2.05, 4.69) is 58.2 Å². The maximum atomic E-state index is 11.5. The average Bonchev–Trinajstić information content (AvgIpc) is 3.46. The van der Waals surface area contributed by atoms with Gasteiger partial charge in [0.15, 0.2) is 5.82 Å². The molecule has 0 aliphatic heterocycles. The van der Waals surface area contributed by atoms with Crippen molar-refractivity contribution in [3.05, 3.63) is 94.4 Å². The van der Waals surface area contributed by atoms with Gasteiger partial charge in [-0.25, -0.2) is 4.98 Å². The second kappa shape index (κ2) is 12.3. The van der Waals surface area contributed by atoms with Crippen molar-refractivity contribution in [2.45, 2.75) is 13.3 Å². The summed E-state index contributed by atoms with van der Waals surface area (Å²) in [6.07, 6.45) is 9.62. The predicted molar refractivity (Wildman–Crippen MR) is 146 cm³/mol. The number of hydrogen-bond acceptors (Lipinski definition) is 6. The Morgan fingerprint density at radius 1 is 1.31 bits per heavy atom. The largest absolute Gasteiger partial charge is 0.405 e. The van der Waals surface area contributed by atoms with E-state index in [0.29, 0.717) is 16.5 Å². The van der Waals surface area contributed by atoms with Crippen LogP contribution in [0.3, 0.4) is 0 Å². The number of halogens is 1. The van der Waals surface area contributed by atoms with E-state index in [0.717, 1.165) is 45.0 Å². The number of allylic oxidation sites excluding steroid dienone is 3. The molecule has 7 nitrogen and oxygen atoms in total. The fourth-order valence-corrected chi connectivity index (χ4v) is 4.70. The van der Waals surface area contributed by atoms with Crippen LogP contribution in [0.4, 0.5) is 0 Å². The predicted octanol–water partition coefficient (Wildman–Crippen LogP) is 5.08. The lowest BCUT2D eigenvalue weighted by molar-refractivity contribution is -0.118. The zero-order valence-electron chi connectivity index (χ0n) is 20.0. The lowest BCUT2D eigenvalue weighted by Crippen LogP contribution is -2.17. The number of benzene rings is 1. The molecule has 0 radical (unpaired) electrons. The zero-order valence-corrected chi connectivity index (χ0v) is 21.6. The van der Waals surface area contributed by atoms with Crippen LogP contribution >= 0.6 is 22.9 Å². The van der Waals surface area contributed by atoms with Crippen molar-refractivity contribution in [3.63, 3.8) is 0 Å². The van der Waals surface area contributed by atoms with Gasteiger partial charge in [0, 0.05) is 34.6 Å². The molecule has 0 aliphatic carbocycles. The van der Waals surface area contributed by atoms with Gasteiger partial charge in [-0.2, -0.15) is 5.10 Å². The van der Waals surface area contributed by atoms with Crippen LogP contribution in [0.5, 0.6) is 0 Å². The highest BCUT2D eigenvalue weighted by Crippen LogP contribution is 2.41. The summed E-state index contributed by atoms with van der Waals surface area (Å²) in [5.41, 5.74) is 10.1. The number of nitrogens with zero attached hydrogens (tertiary/aromatic N) is 3. The Hall–Kier alpha value is -3.46. The Morgan fingerprint density at radius 3 is 2.66 bits per heavy atom. The summed E-state index contributed by atoms with van der Waals surface area (Å²) in [6, 6.07) is 9.91. The van der Waals surface area contributed by atoms with Crippen LogP contribution in [0, 0.1) is 0 Å². The summed E-state index contributed by atoms with van der Waals surface area (Å²) in [4.78, 5) is 19.9. The molecule has 182 valence electrons. The number of rotatable bonds is 10. The van der Waals surface area contributed by atoms with E-state index in [1.165, 1.54) is 19.5 Å². The van der Waals surface area contributed by atoms with Gasteiger partial charge < -0.3 is 16.0 Å². The highest BCUT2D eigenvalue weighted by Gasteiger charge is 2.19.